The van der Waals surface area contributed by atoms with Crippen molar-refractivity contribution in [2.45, 2.75) is 13.3 Å². The van der Waals surface area contributed by atoms with E-state index in [0.29, 0.717) is 25.4 Å². The summed E-state index contributed by atoms with van der Waals surface area (Å²) >= 11 is 3.38. The van der Waals surface area contributed by atoms with Crippen molar-refractivity contribution in [2.24, 2.45) is 11.7 Å². The van der Waals surface area contributed by atoms with Gasteiger partial charge >= 0.3 is 0 Å². The van der Waals surface area contributed by atoms with Crippen LogP contribution in [-0.4, -0.2) is 19.0 Å². The summed E-state index contributed by atoms with van der Waals surface area (Å²) in [5, 5.41) is 2.87. The molecule has 0 radical (unpaired) electrons. The first-order chi connectivity index (χ1) is 7.61. The normalized spacial score (nSPS) is 12.2. The van der Waals surface area contributed by atoms with Crippen LogP contribution < -0.4 is 11.1 Å². The van der Waals surface area contributed by atoms with Gasteiger partial charge in [0.1, 0.15) is 0 Å². The van der Waals surface area contributed by atoms with E-state index in [4.69, 9.17) is 5.73 Å². The molecule has 1 aromatic rings. The van der Waals surface area contributed by atoms with Crippen molar-refractivity contribution in [1.82, 2.24) is 5.32 Å². The van der Waals surface area contributed by atoms with E-state index in [-0.39, 0.29) is 5.91 Å². The van der Waals surface area contributed by atoms with Crippen molar-refractivity contribution in [3.05, 3.63) is 34.3 Å². The molecule has 0 aliphatic heterocycles. The molecule has 88 valence electrons. The SMILES string of the molecule is CC(CN)CNC(=O)Cc1cccc(Br)c1. The van der Waals surface area contributed by atoms with Crippen molar-refractivity contribution < 1.29 is 4.79 Å². The van der Waals surface area contributed by atoms with Gasteiger partial charge in [-0.3, -0.25) is 4.79 Å². The molecule has 1 atom stereocenters. The fourth-order valence-corrected chi connectivity index (χ4v) is 1.71. The first-order valence-corrected chi connectivity index (χ1v) is 6.12. The van der Waals surface area contributed by atoms with Gasteiger partial charge in [0.2, 0.25) is 5.91 Å². The highest BCUT2D eigenvalue weighted by Crippen LogP contribution is 2.11. The smallest absolute Gasteiger partial charge is 0.224 e. The van der Waals surface area contributed by atoms with Gasteiger partial charge in [-0.1, -0.05) is 35.0 Å². The molecule has 0 fully saturated rings. The van der Waals surface area contributed by atoms with Crippen molar-refractivity contribution in [3.8, 4) is 0 Å². The maximum Gasteiger partial charge on any atom is 0.224 e. The van der Waals surface area contributed by atoms with Gasteiger partial charge in [-0.15, -0.1) is 0 Å². The van der Waals surface area contributed by atoms with Gasteiger partial charge in [0.05, 0.1) is 6.42 Å². The molecule has 0 aliphatic carbocycles. The summed E-state index contributed by atoms with van der Waals surface area (Å²) < 4.78 is 0.994. The summed E-state index contributed by atoms with van der Waals surface area (Å²) in [5.41, 5.74) is 6.48. The number of rotatable bonds is 5. The number of halogens is 1. The van der Waals surface area contributed by atoms with Gasteiger partial charge in [-0.05, 0) is 30.2 Å². The molecule has 0 aromatic heterocycles. The Morgan fingerprint density at radius 3 is 2.94 bits per heavy atom. The Balaban J connectivity index is 2.40. The summed E-state index contributed by atoms with van der Waals surface area (Å²) in [7, 11) is 0. The monoisotopic (exact) mass is 284 g/mol. The molecule has 3 N–H and O–H groups in total. The number of nitrogens with two attached hydrogens (primary N) is 1. The third-order valence-electron chi connectivity index (χ3n) is 2.30. The van der Waals surface area contributed by atoms with Gasteiger partial charge in [-0.2, -0.15) is 0 Å². The molecule has 0 saturated heterocycles. The molecule has 0 aliphatic rings. The maximum absolute atomic E-state index is 11.6. The van der Waals surface area contributed by atoms with Crippen LogP contribution in [0.15, 0.2) is 28.7 Å². The van der Waals surface area contributed by atoms with Crippen LogP contribution in [0, 0.1) is 5.92 Å². The quantitative estimate of drug-likeness (QED) is 0.865. The molecule has 0 saturated carbocycles. The second-order valence-corrected chi connectivity index (χ2v) is 4.87. The standard InChI is InChI=1S/C12H17BrN2O/c1-9(7-14)8-15-12(16)6-10-3-2-4-11(13)5-10/h2-5,9H,6-8,14H2,1H3,(H,15,16). The predicted molar refractivity (Wildman–Crippen MR) is 69.1 cm³/mol. The largest absolute Gasteiger partial charge is 0.356 e. The second kappa shape index (κ2) is 6.66. The third-order valence-corrected chi connectivity index (χ3v) is 2.80. The van der Waals surface area contributed by atoms with Crippen LogP contribution in [0.4, 0.5) is 0 Å². The fourth-order valence-electron chi connectivity index (χ4n) is 1.27. The molecule has 0 spiro atoms. The Kier molecular flexibility index (Phi) is 5.49. The highest BCUT2D eigenvalue weighted by Gasteiger charge is 2.05. The van der Waals surface area contributed by atoms with Crippen LogP contribution in [0.2, 0.25) is 0 Å². The van der Waals surface area contributed by atoms with E-state index in [1.54, 1.807) is 0 Å². The molecular weight excluding hydrogens is 268 g/mol. The Morgan fingerprint density at radius 1 is 1.56 bits per heavy atom. The minimum absolute atomic E-state index is 0.0402. The topological polar surface area (TPSA) is 55.1 Å². The zero-order valence-corrected chi connectivity index (χ0v) is 11.0. The number of carbonyl (C=O) groups is 1. The molecule has 1 rings (SSSR count). The van der Waals surface area contributed by atoms with Crippen LogP contribution in [0.5, 0.6) is 0 Å². The van der Waals surface area contributed by atoms with Crippen LogP contribution in [0.3, 0.4) is 0 Å². The number of amides is 1. The van der Waals surface area contributed by atoms with E-state index in [1.165, 1.54) is 0 Å². The van der Waals surface area contributed by atoms with Gasteiger partial charge in [-0.25, -0.2) is 0 Å². The minimum Gasteiger partial charge on any atom is -0.356 e. The highest BCUT2D eigenvalue weighted by atomic mass is 79.9. The number of benzene rings is 1. The van der Waals surface area contributed by atoms with Crippen molar-refractivity contribution in [3.63, 3.8) is 0 Å². The Bertz CT molecular complexity index is 355. The van der Waals surface area contributed by atoms with Crippen molar-refractivity contribution in [1.29, 1.82) is 0 Å². The zero-order chi connectivity index (χ0) is 12.0. The zero-order valence-electron chi connectivity index (χ0n) is 9.37. The van der Waals surface area contributed by atoms with E-state index in [1.807, 2.05) is 31.2 Å². The summed E-state index contributed by atoms with van der Waals surface area (Å²) in [5.74, 6) is 0.366. The fraction of sp³-hybridized carbons (Fsp3) is 0.417. The average molecular weight is 285 g/mol. The van der Waals surface area contributed by atoms with Crippen LogP contribution in [-0.2, 0) is 11.2 Å². The molecule has 1 unspecified atom stereocenters. The summed E-state index contributed by atoms with van der Waals surface area (Å²) in [6.45, 7) is 3.25. The number of nitrogens with one attached hydrogen (secondary N) is 1. The molecule has 0 heterocycles. The second-order valence-electron chi connectivity index (χ2n) is 3.95. The lowest BCUT2D eigenvalue weighted by molar-refractivity contribution is -0.120. The van der Waals surface area contributed by atoms with Gasteiger partial charge in [0.15, 0.2) is 0 Å². The number of hydrogen-bond acceptors (Lipinski definition) is 2. The average Bonchev–Trinajstić information content (AvgIpc) is 2.26. The van der Waals surface area contributed by atoms with Crippen molar-refractivity contribution >= 4 is 21.8 Å². The molecule has 1 aromatic carbocycles. The van der Waals surface area contributed by atoms with Crippen LogP contribution >= 0.6 is 15.9 Å². The Hall–Kier alpha value is -0.870. The Labute approximate surface area is 105 Å². The van der Waals surface area contributed by atoms with E-state index in [9.17, 15) is 4.79 Å². The van der Waals surface area contributed by atoms with Gasteiger partial charge in [0, 0.05) is 11.0 Å². The summed E-state index contributed by atoms with van der Waals surface area (Å²) in [6.07, 6.45) is 0.413. The molecule has 3 nitrogen and oxygen atoms in total. The van der Waals surface area contributed by atoms with Crippen LogP contribution in [0.1, 0.15) is 12.5 Å². The third kappa shape index (κ3) is 4.77. The van der Waals surface area contributed by atoms with Crippen molar-refractivity contribution in [2.75, 3.05) is 13.1 Å². The van der Waals surface area contributed by atoms with E-state index >= 15 is 0 Å². The molecular formula is C12H17BrN2O. The first-order valence-electron chi connectivity index (χ1n) is 5.33. The predicted octanol–water partition coefficient (Wildman–Crippen LogP) is 1.70. The lowest BCUT2D eigenvalue weighted by atomic mass is 10.1. The number of carbonyl (C=O) groups excluding carboxylic acids is 1. The molecule has 0 bridgehead atoms. The van der Waals surface area contributed by atoms with E-state index in [2.05, 4.69) is 21.2 Å². The summed E-state index contributed by atoms with van der Waals surface area (Å²) in [6, 6.07) is 7.76. The van der Waals surface area contributed by atoms with Gasteiger partial charge < -0.3 is 11.1 Å². The lowest BCUT2D eigenvalue weighted by Gasteiger charge is -2.10. The lowest BCUT2D eigenvalue weighted by Crippen LogP contribution is -2.32. The van der Waals surface area contributed by atoms with Crippen LogP contribution in [0.25, 0.3) is 0 Å². The highest BCUT2D eigenvalue weighted by molar-refractivity contribution is 9.10. The van der Waals surface area contributed by atoms with Gasteiger partial charge in [0.25, 0.3) is 0 Å². The molecule has 4 heteroatoms. The van der Waals surface area contributed by atoms with E-state index < -0.39 is 0 Å². The minimum atomic E-state index is 0.0402. The first kappa shape index (κ1) is 13.2. The molecule has 16 heavy (non-hydrogen) atoms. The Morgan fingerprint density at radius 2 is 2.31 bits per heavy atom. The molecule has 1 amide bonds. The van der Waals surface area contributed by atoms with E-state index in [0.717, 1.165) is 10.0 Å². The summed E-state index contributed by atoms with van der Waals surface area (Å²) in [4.78, 5) is 11.6. The number of hydrogen-bond donors (Lipinski definition) is 2. The maximum atomic E-state index is 11.6.